The van der Waals surface area contributed by atoms with Gasteiger partial charge in [-0.05, 0) is 59.8 Å². The average molecular weight is 349 g/mol. The highest BCUT2D eigenvalue weighted by Crippen LogP contribution is 2.11. The van der Waals surface area contributed by atoms with Gasteiger partial charge in [0.1, 0.15) is 6.61 Å². The van der Waals surface area contributed by atoms with Gasteiger partial charge in [0.05, 0.1) is 13.2 Å². The highest BCUT2D eigenvalue weighted by Gasteiger charge is 1.92. The smallest absolute Gasteiger partial charge is 0.302 e. The van der Waals surface area contributed by atoms with Crippen molar-refractivity contribution in [3.63, 3.8) is 0 Å². The third-order valence-corrected chi connectivity index (χ3v) is 3.64. The summed E-state index contributed by atoms with van der Waals surface area (Å²) >= 11 is 0. The van der Waals surface area contributed by atoms with E-state index in [1.54, 1.807) is 0 Å². The lowest BCUT2D eigenvalue weighted by Crippen LogP contribution is -2.07. The zero-order valence-corrected chi connectivity index (χ0v) is 16.8. The first-order valence-electron chi connectivity index (χ1n) is 9.22. The van der Waals surface area contributed by atoms with Crippen LogP contribution in [0.2, 0.25) is 0 Å². The Morgan fingerprint density at radius 2 is 1.44 bits per heavy atom. The predicted octanol–water partition coefficient (Wildman–Crippen LogP) is 5.93. The molecule has 3 nitrogen and oxygen atoms in total. The molecule has 0 aliphatic heterocycles. The Balaban J connectivity index is 3.75. The molecule has 3 heteroatoms. The van der Waals surface area contributed by atoms with Gasteiger partial charge in [-0.1, -0.05) is 47.1 Å². The molecule has 0 aliphatic rings. The van der Waals surface area contributed by atoms with Crippen molar-refractivity contribution in [3.05, 3.63) is 47.1 Å². The minimum atomic E-state index is -0.266. The van der Waals surface area contributed by atoms with Crippen LogP contribution in [0.4, 0.5) is 0 Å². The van der Waals surface area contributed by atoms with Crippen molar-refractivity contribution >= 4 is 5.97 Å². The molecule has 0 saturated heterocycles. The van der Waals surface area contributed by atoms with E-state index in [1.807, 2.05) is 6.08 Å². The zero-order chi connectivity index (χ0) is 18.9. The summed E-state index contributed by atoms with van der Waals surface area (Å²) in [5.41, 5.74) is 4.30. The molecule has 0 aromatic rings. The van der Waals surface area contributed by atoms with Crippen LogP contribution in [0.1, 0.15) is 66.7 Å². The first-order chi connectivity index (χ1) is 11.9. The summed E-state index contributed by atoms with van der Waals surface area (Å²) in [6, 6.07) is 0. The van der Waals surface area contributed by atoms with E-state index < -0.39 is 0 Å². The highest BCUT2D eigenvalue weighted by atomic mass is 16.6. The first kappa shape index (κ1) is 23.4. The topological polar surface area (TPSA) is 35.5 Å². The number of allylic oxidation sites excluding steroid dienone is 7. The predicted molar refractivity (Wildman–Crippen MR) is 107 cm³/mol. The molecule has 0 rings (SSSR count). The van der Waals surface area contributed by atoms with E-state index in [0.29, 0.717) is 19.8 Å². The standard InChI is InChI=1S/C22H36O3/c1-19(2)11-9-13-21(4)15-10-14-20(3)12-7-6-8-16-24-17-18-25-22(5)23/h6,8,11-12,15H,7,9-10,13-14,16-18H2,1-5H3/b8-6+,20-12+,21-15+. The van der Waals surface area contributed by atoms with Gasteiger partial charge in [0.15, 0.2) is 0 Å². The number of esters is 1. The Labute approximate surface area is 154 Å². The second-order valence-electron chi connectivity index (χ2n) is 6.58. The van der Waals surface area contributed by atoms with Crippen molar-refractivity contribution in [3.8, 4) is 0 Å². The molecular weight excluding hydrogens is 312 g/mol. The third kappa shape index (κ3) is 18.6. The number of ether oxygens (including phenoxy) is 2. The van der Waals surface area contributed by atoms with Crippen LogP contribution >= 0.6 is 0 Å². The lowest BCUT2D eigenvalue weighted by molar-refractivity contribution is -0.142. The number of rotatable bonds is 13. The summed E-state index contributed by atoms with van der Waals surface area (Å²) in [6.45, 7) is 11.4. The Kier molecular flexibility index (Phi) is 14.9. The van der Waals surface area contributed by atoms with Crippen LogP contribution in [0, 0.1) is 0 Å². The molecular formula is C22H36O3. The molecule has 0 saturated carbocycles. The summed E-state index contributed by atoms with van der Waals surface area (Å²) in [7, 11) is 0. The van der Waals surface area contributed by atoms with E-state index in [0.717, 1.165) is 32.1 Å². The highest BCUT2D eigenvalue weighted by molar-refractivity contribution is 5.65. The fourth-order valence-electron chi connectivity index (χ4n) is 2.17. The molecule has 142 valence electrons. The Morgan fingerprint density at radius 3 is 2.08 bits per heavy atom. The summed E-state index contributed by atoms with van der Waals surface area (Å²) in [5.74, 6) is -0.266. The summed E-state index contributed by atoms with van der Waals surface area (Å²) in [4.78, 5) is 10.6. The van der Waals surface area contributed by atoms with Crippen molar-refractivity contribution in [2.24, 2.45) is 0 Å². The van der Waals surface area contributed by atoms with E-state index >= 15 is 0 Å². The van der Waals surface area contributed by atoms with Crippen LogP contribution in [-0.2, 0) is 14.3 Å². The molecule has 25 heavy (non-hydrogen) atoms. The average Bonchev–Trinajstić information content (AvgIpc) is 2.52. The Morgan fingerprint density at radius 1 is 0.800 bits per heavy atom. The van der Waals surface area contributed by atoms with E-state index in [9.17, 15) is 4.79 Å². The van der Waals surface area contributed by atoms with Gasteiger partial charge in [-0.2, -0.15) is 0 Å². The van der Waals surface area contributed by atoms with Gasteiger partial charge in [0.2, 0.25) is 0 Å². The molecule has 0 N–H and O–H groups in total. The molecule has 0 aliphatic carbocycles. The van der Waals surface area contributed by atoms with Crippen LogP contribution < -0.4 is 0 Å². The monoisotopic (exact) mass is 348 g/mol. The SMILES string of the molecule is CC(=O)OCCOC/C=C/C/C=C(\C)CC/C=C(\C)CCC=C(C)C. The molecule has 0 aromatic heterocycles. The van der Waals surface area contributed by atoms with Gasteiger partial charge in [-0.15, -0.1) is 0 Å². The second kappa shape index (κ2) is 15.9. The van der Waals surface area contributed by atoms with Crippen molar-refractivity contribution in [2.45, 2.75) is 66.7 Å². The Hall–Kier alpha value is -1.61. The van der Waals surface area contributed by atoms with E-state index in [1.165, 1.54) is 23.6 Å². The van der Waals surface area contributed by atoms with Crippen molar-refractivity contribution in [1.29, 1.82) is 0 Å². The van der Waals surface area contributed by atoms with Crippen LogP contribution in [0.5, 0.6) is 0 Å². The summed E-state index contributed by atoms with van der Waals surface area (Å²) < 4.78 is 10.1. The zero-order valence-electron chi connectivity index (χ0n) is 16.8. The number of carbonyl (C=O) groups excluding carboxylic acids is 1. The van der Waals surface area contributed by atoms with Gasteiger partial charge in [0.25, 0.3) is 0 Å². The molecule has 0 unspecified atom stereocenters. The van der Waals surface area contributed by atoms with E-state index in [4.69, 9.17) is 9.47 Å². The molecule has 0 fully saturated rings. The number of hydrogen-bond acceptors (Lipinski definition) is 3. The summed E-state index contributed by atoms with van der Waals surface area (Å²) in [5, 5.41) is 0. The van der Waals surface area contributed by atoms with Gasteiger partial charge < -0.3 is 9.47 Å². The molecule has 0 spiro atoms. The van der Waals surface area contributed by atoms with Crippen LogP contribution in [0.15, 0.2) is 47.1 Å². The van der Waals surface area contributed by atoms with Crippen molar-refractivity contribution in [1.82, 2.24) is 0 Å². The van der Waals surface area contributed by atoms with Gasteiger partial charge in [0, 0.05) is 6.92 Å². The van der Waals surface area contributed by atoms with Gasteiger partial charge in [-0.3, -0.25) is 4.79 Å². The van der Waals surface area contributed by atoms with Gasteiger partial charge >= 0.3 is 5.97 Å². The minimum Gasteiger partial charge on any atom is -0.463 e. The molecule has 0 atom stereocenters. The lowest BCUT2D eigenvalue weighted by Gasteiger charge is -2.01. The fourth-order valence-corrected chi connectivity index (χ4v) is 2.17. The summed E-state index contributed by atoms with van der Waals surface area (Å²) in [6.07, 6.45) is 16.5. The van der Waals surface area contributed by atoms with Crippen LogP contribution in [-0.4, -0.2) is 25.8 Å². The molecule has 0 aromatic carbocycles. The van der Waals surface area contributed by atoms with Crippen molar-refractivity contribution in [2.75, 3.05) is 19.8 Å². The number of hydrogen-bond donors (Lipinski definition) is 0. The van der Waals surface area contributed by atoms with Crippen LogP contribution in [0.25, 0.3) is 0 Å². The largest absolute Gasteiger partial charge is 0.463 e. The quantitative estimate of drug-likeness (QED) is 0.235. The maximum atomic E-state index is 10.6. The van der Waals surface area contributed by atoms with E-state index in [2.05, 4.69) is 52.0 Å². The fraction of sp³-hybridized carbons (Fsp3) is 0.591. The second-order valence-corrected chi connectivity index (χ2v) is 6.58. The van der Waals surface area contributed by atoms with E-state index in [-0.39, 0.29) is 5.97 Å². The normalized spacial score (nSPS) is 12.5. The van der Waals surface area contributed by atoms with Gasteiger partial charge in [-0.25, -0.2) is 0 Å². The third-order valence-electron chi connectivity index (χ3n) is 3.64. The molecule has 0 heterocycles. The Bertz CT molecular complexity index is 478. The maximum absolute atomic E-state index is 10.6. The molecule has 0 bridgehead atoms. The van der Waals surface area contributed by atoms with Crippen LogP contribution in [0.3, 0.4) is 0 Å². The van der Waals surface area contributed by atoms with Crippen molar-refractivity contribution < 1.29 is 14.3 Å². The minimum absolute atomic E-state index is 0.266. The molecule has 0 amide bonds. The maximum Gasteiger partial charge on any atom is 0.302 e. The lowest BCUT2D eigenvalue weighted by atomic mass is 10.1. The molecule has 0 radical (unpaired) electrons. The number of carbonyl (C=O) groups is 1. The first-order valence-corrected chi connectivity index (χ1v) is 9.22.